The number of ether oxygens (including phenoxy) is 6. The number of Topliss-reactive ketones (excluding diaryl/α,β-unsaturated/α-hetero) is 1. The molecule has 18 heteroatoms. The number of amides is 1. The van der Waals surface area contributed by atoms with Gasteiger partial charge in [0.1, 0.15) is 41.7 Å². The van der Waals surface area contributed by atoms with Crippen LogP contribution in [0.25, 0.3) is 10.8 Å². The largest absolute Gasteiger partial charge is 0.507 e. The molecule has 8 N–H and O–H groups in total. The Kier molecular flexibility index (Phi) is 14.2. The number of ketones is 1. The predicted octanol–water partition coefficient (Wildman–Crippen LogP) is 3.03. The number of aliphatic hydroxyl groups excluding tert-OH is 4. The van der Waals surface area contributed by atoms with E-state index in [1.165, 1.54) is 53.0 Å². The molecule has 4 heterocycles. The first-order valence-corrected chi connectivity index (χ1v) is 19.8. The molecule has 1 saturated heterocycles. The summed E-state index contributed by atoms with van der Waals surface area (Å²) in [6.07, 6.45) is -2.79. The summed E-state index contributed by atoms with van der Waals surface area (Å²) in [5.74, 6) is -10.0. The maximum atomic E-state index is 14.2. The van der Waals surface area contributed by atoms with Gasteiger partial charge in [0.05, 0.1) is 53.4 Å². The molecule has 18 nitrogen and oxygen atoms in total. The van der Waals surface area contributed by atoms with E-state index in [9.17, 15) is 54.9 Å². The van der Waals surface area contributed by atoms with Gasteiger partial charge < -0.3 is 69.5 Å². The van der Waals surface area contributed by atoms with Gasteiger partial charge in [-0.2, -0.15) is 0 Å². The molecule has 0 spiro atoms. The van der Waals surface area contributed by atoms with E-state index in [4.69, 9.17) is 28.4 Å². The molecule has 0 aromatic heterocycles. The van der Waals surface area contributed by atoms with E-state index in [-0.39, 0.29) is 28.7 Å². The summed E-state index contributed by atoms with van der Waals surface area (Å²) in [4.78, 5) is 52.8. The van der Waals surface area contributed by atoms with Crippen molar-refractivity contribution in [3.63, 3.8) is 0 Å². The summed E-state index contributed by atoms with van der Waals surface area (Å²) in [5, 5.41) is 78.7. The summed E-state index contributed by atoms with van der Waals surface area (Å²) >= 11 is 0. The molecule has 1 fully saturated rings. The van der Waals surface area contributed by atoms with E-state index >= 15 is 0 Å². The second kappa shape index (κ2) is 18.5. The lowest BCUT2D eigenvalue weighted by Gasteiger charge is -2.41. The minimum atomic E-state index is -2.14. The fraction of sp³-hybridized carbons (Fsp3) is 0.535. The molecule has 2 aromatic rings. The zero-order valence-corrected chi connectivity index (χ0v) is 35.3. The van der Waals surface area contributed by atoms with E-state index in [0.717, 1.165) is 6.26 Å². The summed E-state index contributed by atoms with van der Waals surface area (Å²) < 4.78 is 35.6. The first-order chi connectivity index (χ1) is 28.6. The fourth-order valence-electron chi connectivity index (χ4n) is 8.23. The molecule has 4 aliphatic rings. The number of aliphatic hydroxyl groups is 4. The fourth-order valence-corrected chi connectivity index (χ4v) is 8.23. The number of benzene rings is 2. The Morgan fingerprint density at radius 3 is 2.18 bits per heavy atom. The van der Waals surface area contributed by atoms with Gasteiger partial charge in [-0.25, -0.2) is 0 Å². The minimum Gasteiger partial charge on any atom is -0.507 e. The molecule has 0 unspecified atom stereocenters. The molecule has 4 aliphatic heterocycles. The maximum Gasteiger partial charge on any atom is 0.312 e. The highest BCUT2D eigenvalue weighted by molar-refractivity contribution is 6.23. The van der Waals surface area contributed by atoms with Crippen LogP contribution in [-0.4, -0.2) is 128 Å². The highest BCUT2D eigenvalue weighted by atomic mass is 16.7. The molecular weight excluding hydrogens is 802 g/mol. The van der Waals surface area contributed by atoms with E-state index in [1.807, 2.05) is 0 Å². The van der Waals surface area contributed by atoms with Crippen LogP contribution in [0.3, 0.4) is 0 Å². The number of nitrogens with one attached hydrogen (secondary N) is 1. The van der Waals surface area contributed by atoms with Crippen molar-refractivity contribution in [1.29, 1.82) is 0 Å². The predicted molar refractivity (Wildman–Crippen MR) is 216 cm³/mol. The number of carbonyl (C=O) groups is 4. The average molecular weight is 858 g/mol. The number of anilines is 1. The number of fused-ring (bicyclic) bond motifs is 14. The van der Waals surface area contributed by atoms with Crippen molar-refractivity contribution in [2.24, 2.45) is 23.7 Å². The van der Waals surface area contributed by atoms with E-state index in [1.54, 1.807) is 33.8 Å². The van der Waals surface area contributed by atoms with E-state index in [0.29, 0.717) is 0 Å². The van der Waals surface area contributed by atoms with Gasteiger partial charge in [-0.05, 0) is 19.9 Å². The number of rotatable bonds is 6. The van der Waals surface area contributed by atoms with Crippen LogP contribution >= 0.6 is 0 Å². The third kappa shape index (κ3) is 8.71. The second-order valence-corrected chi connectivity index (χ2v) is 16.1. The number of phenols is 3. The van der Waals surface area contributed by atoms with Crippen LogP contribution in [-0.2, 0) is 33.3 Å². The van der Waals surface area contributed by atoms with Gasteiger partial charge in [-0.1, -0.05) is 45.9 Å². The first kappa shape index (κ1) is 47.0. The first-order valence-electron chi connectivity index (χ1n) is 19.8. The number of carbonyl (C=O) groups excluding carboxylic acids is 4. The van der Waals surface area contributed by atoms with Gasteiger partial charge in [0.2, 0.25) is 0 Å². The lowest BCUT2D eigenvalue weighted by atomic mass is 9.78. The number of esters is 1. The maximum absolute atomic E-state index is 14.2. The van der Waals surface area contributed by atoms with Crippen LogP contribution in [0.5, 0.6) is 23.0 Å². The van der Waals surface area contributed by atoms with Gasteiger partial charge >= 0.3 is 11.8 Å². The second-order valence-electron chi connectivity index (χ2n) is 16.1. The van der Waals surface area contributed by atoms with Gasteiger partial charge in [-0.3, -0.25) is 19.2 Å². The third-order valence-electron chi connectivity index (χ3n) is 11.9. The van der Waals surface area contributed by atoms with Gasteiger partial charge in [-0.15, -0.1) is 0 Å². The Morgan fingerprint density at radius 2 is 1.59 bits per heavy atom. The summed E-state index contributed by atoms with van der Waals surface area (Å²) in [5.41, 5.74) is -1.46. The molecule has 1 amide bonds. The lowest BCUT2D eigenvalue weighted by molar-refractivity contribution is -0.231. The summed E-state index contributed by atoms with van der Waals surface area (Å²) in [6.45, 7) is 11.4. The Morgan fingerprint density at radius 1 is 0.918 bits per heavy atom. The number of hydrogen-bond acceptors (Lipinski definition) is 17. The van der Waals surface area contributed by atoms with Gasteiger partial charge in [0, 0.05) is 61.2 Å². The number of aldehydes is 1. The monoisotopic (exact) mass is 857 g/mol. The molecule has 0 saturated carbocycles. The highest BCUT2D eigenvalue weighted by Gasteiger charge is 2.51. The zero-order chi connectivity index (χ0) is 45.4. The van der Waals surface area contributed by atoms with Crippen LogP contribution < -0.4 is 10.1 Å². The zero-order valence-electron chi connectivity index (χ0n) is 35.3. The van der Waals surface area contributed by atoms with Crippen molar-refractivity contribution < 1.29 is 83.3 Å². The summed E-state index contributed by atoms with van der Waals surface area (Å²) in [6, 6.07) is 0. The van der Waals surface area contributed by atoms with Crippen molar-refractivity contribution in [2.45, 2.75) is 110 Å². The molecule has 61 heavy (non-hydrogen) atoms. The van der Waals surface area contributed by atoms with Crippen molar-refractivity contribution in [3.8, 4) is 23.0 Å². The molecular formula is C43H55NO17. The standard InChI is InChI=1S/C43H55NO17/c1-17-11-10-12-18(2)41(55)44-30-24(15-45)33(50)27-28(35(30)52)32(49)21(5)39-29(27)40(54)43(8,61-39)57-14-13-25(56-9)19(3)37(58-23(7)47)22(6)38(20(4)31(17)48)60-42-36(53)34(51)26(16-46)59-42/h10-15,17,19-20,22,25-26,31,34,36-38,42,46,48-53H,16H2,1-9H3,(H,44,55)/b11-10-,14-13?,18-12-/t17-,19+,20+,22-,25-,26+,31-,34+,36+,37+,38+,42+,43-/m0/s1. The van der Waals surface area contributed by atoms with Crippen LogP contribution in [0.2, 0.25) is 0 Å². The highest BCUT2D eigenvalue weighted by Crippen LogP contribution is 2.55. The molecule has 5 bridgehead atoms. The molecule has 2 aromatic carbocycles. The van der Waals surface area contributed by atoms with Crippen molar-refractivity contribution in [3.05, 3.63) is 52.8 Å². The quantitative estimate of drug-likeness (QED) is 0.0897. The van der Waals surface area contributed by atoms with E-state index < -0.39 is 142 Å². The third-order valence-corrected chi connectivity index (χ3v) is 11.9. The lowest BCUT2D eigenvalue weighted by Crippen LogP contribution is -2.50. The Bertz CT molecular complexity index is 2130. The molecule has 0 radical (unpaired) electrons. The molecule has 0 aliphatic carbocycles. The minimum absolute atomic E-state index is 0.0365. The average Bonchev–Trinajstić information content (AvgIpc) is 3.65. The Balaban J connectivity index is 1.67. The number of aromatic hydroxyl groups is 3. The van der Waals surface area contributed by atoms with Crippen molar-refractivity contribution in [1.82, 2.24) is 0 Å². The molecule has 334 valence electrons. The van der Waals surface area contributed by atoms with Gasteiger partial charge in [0.15, 0.2) is 18.3 Å². The van der Waals surface area contributed by atoms with Crippen molar-refractivity contribution in [2.75, 3.05) is 19.0 Å². The SMILES string of the molecule is CO[C@H]1C=CO[C@@]2(C)Oc3c(C)c(O)c4c(O)c(c(C=O)c(O)c4c3C2=O)NC(=O)/C(C)=C\C=C/[C@H](C)[C@H](O)[C@@H](C)[C@@H](O[C@H]2O[C@H](CO)[C@@H](O)[C@H]2O)[C@@H](C)[C@H](OC(C)=O)[C@@H]1C. The smallest absolute Gasteiger partial charge is 0.312 e. The Hall–Kier alpha value is -5.08. The van der Waals surface area contributed by atoms with E-state index in [2.05, 4.69) is 5.32 Å². The topological polar surface area (TPSA) is 277 Å². The summed E-state index contributed by atoms with van der Waals surface area (Å²) in [7, 11) is 1.38. The van der Waals surface area contributed by atoms with Crippen LogP contribution in [0.1, 0.15) is 74.7 Å². The van der Waals surface area contributed by atoms with Crippen molar-refractivity contribution >= 4 is 40.4 Å². The van der Waals surface area contributed by atoms with Crippen LogP contribution in [0, 0.1) is 30.6 Å². The normalized spacial score (nSPS) is 35.0. The van der Waals surface area contributed by atoms with Gasteiger partial charge in [0.25, 0.3) is 11.7 Å². The molecule has 6 rings (SSSR count). The van der Waals surface area contributed by atoms with Crippen LogP contribution in [0.4, 0.5) is 5.69 Å². The number of allylic oxidation sites excluding steroid dienone is 2. The number of methoxy groups -OCH3 is 1. The Labute approximate surface area is 352 Å². The molecule has 13 atom stereocenters. The number of phenolic OH excluding ortho intramolecular Hbond substituents is 3. The number of hydrogen-bond donors (Lipinski definition) is 8. The van der Waals surface area contributed by atoms with Crippen LogP contribution in [0.15, 0.2) is 36.1 Å².